The molecular formula is C11H16Cl2OSi. The van der Waals surface area contributed by atoms with Gasteiger partial charge >= 0.3 is 0 Å². The molecule has 4 heteroatoms. The second kappa shape index (κ2) is 4.77. The van der Waals surface area contributed by atoms with Crippen molar-refractivity contribution in [3.8, 4) is 5.75 Å². The normalized spacial score (nSPS) is 11.6. The molecule has 0 bridgehead atoms. The molecule has 15 heavy (non-hydrogen) atoms. The Morgan fingerprint density at radius 1 is 1.13 bits per heavy atom. The maximum absolute atomic E-state index is 6.22. The number of halogens is 2. The average molecular weight is 263 g/mol. The molecule has 0 heterocycles. The van der Waals surface area contributed by atoms with Crippen LogP contribution >= 0.6 is 23.2 Å². The molecule has 0 fully saturated rings. The van der Waals surface area contributed by atoms with Crippen LogP contribution in [0.1, 0.15) is 6.92 Å². The standard InChI is InChI=1S/C11H16Cl2OSi/c1-5-14-10-6-9(13)11(7-8(10)12)15(2,3)4/h6-7H,5H2,1-4H3. The number of ether oxygens (including phenoxy) is 1. The van der Waals surface area contributed by atoms with Gasteiger partial charge in [0.25, 0.3) is 0 Å². The van der Waals surface area contributed by atoms with Crippen LogP contribution in [-0.4, -0.2) is 14.7 Å². The van der Waals surface area contributed by atoms with Gasteiger partial charge in [0.2, 0.25) is 0 Å². The average Bonchev–Trinajstić information content (AvgIpc) is 2.09. The van der Waals surface area contributed by atoms with Crippen molar-refractivity contribution in [3.05, 3.63) is 22.2 Å². The first-order valence-electron chi connectivity index (χ1n) is 4.98. The molecule has 1 aromatic rings. The maximum atomic E-state index is 6.22. The van der Waals surface area contributed by atoms with E-state index in [1.165, 1.54) is 5.19 Å². The zero-order valence-electron chi connectivity index (χ0n) is 9.53. The largest absolute Gasteiger partial charge is 0.492 e. The second-order valence-electron chi connectivity index (χ2n) is 4.45. The maximum Gasteiger partial charge on any atom is 0.139 e. The van der Waals surface area contributed by atoms with Crippen LogP contribution in [0.25, 0.3) is 0 Å². The number of hydrogen-bond acceptors (Lipinski definition) is 1. The molecule has 0 saturated carbocycles. The Hall–Kier alpha value is -0.183. The summed E-state index contributed by atoms with van der Waals surface area (Å²) in [4.78, 5) is 0. The topological polar surface area (TPSA) is 9.23 Å². The second-order valence-corrected chi connectivity index (χ2v) is 10.3. The van der Waals surface area contributed by atoms with Crippen LogP contribution in [-0.2, 0) is 0 Å². The van der Waals surface area contributed by atoms with Gasteiger partial charge in [-0.1, -0.05) is 42.8 Å². The molecule has 0 aliphatic rings. The van der Waals surface area contributed by atoms with E-state index in [0.717, 1.165) is 5.02 Å². The van der Waals surface area contributed by atoms with E-state index in [4.69, 9.17) is 27.9 Å². The van der Waals surface area contributed by atoms with Crippen LogP contribution < -0.4 is 9.92 Å². The van der Waals surface area contributed by atoms with Gasteiger partial charge in [-0.2, -0.15) is 0 Å². The van der Waals surface area contributed by atoms with Crippen molar-refractivity contribution in [1.82, 2.24) is 0 Å². The predicted octanol–water partition coefficient (Wildman–Crippen LogP) is 3.94. The van der Waals surface area contributed by atoms with Gasteiger partial charge in [-0.25, -0.2) is 0 Å². The molecule has 0 spiro atoms. The minimum atomic E-state index is -1.43. The van der Waals surface area contributed by atoms with Crippen molar-refractivity contribution in [2.45, 2.75) is 26.6 Å². The van der Waals surface area contributed by atoms with E-state index in [9.17, 15) is 0 Å². The lowest BCUT2D eigenvalue weighted by atomic mass is 10.3. The van der Waals surface area contributed by atoms with Crippen LogP contribution in [0.4, 0.5) is 0 Å². The molecule has 0 aliphatic heterocycles. The van der Waals surface area contributed by atoms with E-state index >= 15 is 0 Å². The summed E-state index contributed by atoms with van der Waals surface area (Å²) in [5, 5.41) is 2.60. The zero-order valence-corrected chi connectivity index (χ0v) is 12.0. The van der Waals surface area contributed by atoms with Crippen LogP contribution in [0.3, 0.4) is 0 Å². The molecule has 1 nitrogen and oxygen atoms in total. The van der Waals surface area contributed by atoms with Crippen molar-refractivity contribution in [2.24, 2.45) is 0 Å². The Bertz CT molecular complexity index is 358. The quantitative estimate of drug-likeness (QED) is 0.750. The molecule has 0 amide bonds. The van der Waals surface area contributed by atoms with Crippen molar-refractivity contribution < 1.29 is 4.74 Å². The van der Waals surface area contributed by atoms with Gasteiger partial charge in [0.1, 0.15) is 5.75 Å². The third-order valence-corrected chi connectivity index (χ3v) is 4.93. The van der Waals surface area contributed by atoms with Gasteiger partial charge in [0, 0.05) is 11.1 Å². The molecule has 0 aromatic heterocycles. The minimum absolute atomic E-state index is 0.600. The predicted molar refractivity (Wildman–Crippen MR) is 70.6 cm³/mol. The molecule has 0 unspecified atom stereocenters. The molecule has 1 aromatic carbocycles. The fourth-order valence-corrected chi connectivity index (χ4v) is 4.05. The lowest BCUT2D eigenvalue weighted by Gasteiger charge is -2.19. The molecule has 0 saturated heterocycles. The Kier molecular flexibility index (Phi) is 4.10. The smallest absolute Gasteiger partial charge is 0.139 e. The molecule has 0 radical (unpaired) electrons. The number of benzene rings is 1. The van der Waals surface area contributed by atoms with Crippen LogP contribution in [0, 0.1) is 0 Å². The molecular weight excluding hydrogens is 247 g/mol. The molecule has 0 N–H and O–H groups in total. The van der Waals surface area contributed by atoms with Gasteiger partial charge in [-0.3, -0.25) is 0 Å². The number of rotatable bonds is 3. The fraction of sp³-hybridized carbons (Fsp3) is 0.455. The summed E-state index contributed by atoms with van der Waals surface area (Å²) in [7, 11) is -1.43. The molecule has 0 atom stereocenters. The Morgan fingerprint density at radius 3 is 2.20 bits per heavy atom. The summed E-state index contributed by atoms with van der Waals surface area (Å²) in [6, 6.07) is 3.77. The molecule has 84 valence electrons. The highest BCUT2D eigenvalue weighted by Crippen LogP contribution is 2.28. The highest BCUT2D eigenvalue weighted by Gasteiger charge is 2.21. The highest BCUT2D eigenvalue weighted by molar-refractivity contribution is 6.90. The van der Waals surface area contributed by atoms with Crippen LogP contribution in [0.2, 0.25) is 29.7 Å². The third kappa shape index (κ3) is 3.13. The van der Waals surface area contributed by atoms with Crippen molar-refractivity contribution in [2.75, 3.05) is 6.61 Å². The van der Waals surface area contributed by atoms with Gasteiger partial charge in [0.05, 0.1) is 19.7 Å². The van der Waals surface area contributed by atoms with Crippen molar-refractivity contribution >= 4 is 36.5 Å². The summed E-state index contributed by atoms with van der Waals surface area (Å²) in [6.45, 7) is 9.25. The monoisotopic (exact) mass is 262 g/mol. The first-order chi connectivity index (χ1) is 6.86. The lowest BCUT2D eigenvalue weighted by molar-refractivity contribution is 0.340. The van der Waals surface area contributed by atoms with Crippen molar-refractivity contribution in [1.29, 1.82) is 0 Å². The van der Waals surface area contributed by atoms with Crippen LogP contribution in [0.15, 0.2) is 12.1 Å². The summed E-state index contributed by atoms with van der Waals surface area (Å²) in [6.07, 6.45) is 0. The van der Waals surface area contributed by atoms with E-state index in [0.29, 0.717) is 17.4 Å². The van der Waals surface area contributed by atoms with E-state index in [-0.39, 0.29) is 0 Å². The summed E-state index contributed by atoms with van der Waals surface area (Å²) < 4.78 is 5.38. The highest BCUT2D eigenvalue weighted by atomic mass is 35.5. The Morgan fingerprint density at radius 2 is 1.73 bits per heavy atom. The van der Waals surface area contributed by atoms with Crippen molar-refractivity contribution in [3.63, 3.8) is 0 Å². The SMILES string of the molecule is CCOc1cc(Cl)c([Si](C)(C)C)cc1Cl. The molecule has 1 rings (SSSR count). The molecule has 0 aliphatic carbocycles. The van der Waals surface area contributed by atoms with E-state index in [1.807, 2.05) is 19.1 Å². The third-order valence-electron chi connectivity index (χ3n) is 2.13. The zero-order chi connectivity index (χ0) is 11.6. The van der Waals surface area contributed by atoms with Gasteiger partial charge in [0.15, 0.2) is 0 Å². The summed E-state index contributed by atoms with van der Waals surface area (Å²) >= 11 is 12.3. The van der Waals surface area contributed by atoms with Gasteiger partial charge in [-0.15, -0.1) is 0 Å². The summed E-state index contributed by atoms with van der Waals surface area (Å²) in [5.74, 6) is 0.672. The van der Waals surface area contributed by atoms with E-state index < -0.39 is 8.07 Å². The Labute approximate surface area is 102 Å². The summed E-state index contributed by atoms with van der Waals surface area (Å²) in [5.41, 5.74) is 0. The van der Waals surface area contributed by atoms with E-state index in [2.05, 4.69) is 19.6 Å². The minimum Gasteiger partial charge on any atom is -0.492 e. The van der Waals surface area contributed by atoms with Gasteiger partial charge in [-0.05, 0) is 18.2 Å². The fourth-order valence-electron chi connectivity index (χ4n) is 1.37. The number of hydrogen-bond donors (Lipinski definition) is 0. The van der Waals surface area contributed by atoms with Crippen LogP contribution in [0.5, 0.6) is 5.75 Å². The lowest BCUT2D eigenvalue weighted by Crippen LogP contribution is -2.38. The Balaban J connectivity index is 3.20. The first-order valence-corrected chi connectivity index (χ1v) is 9.24. The van der Waals surface area contributed by atoms with E-state index in [1.54, 1.807) is 0 Å². The van der Waals surface area contributed by atoms with Gasteiger partial charge < -0.3 is 4.74 Å². The first kappa shape index (κ1) is 12.9.